The van der Waals surface area contributed by atoms with Gasteiger partial charge in [-0.2, -0.15) is 0 Å². The summed E-state index contributed by atoms with van der Waals surface area (Å²) in [4.78, 5) is 14.5. The van der Waals surface area contributed by atoms with Crippen LogP contribution < -0.4 is 5.32 Å². The van der Waals surface area contributed by atoms with E-state index < -0.39 is 5.60 Å². The number of nitrogens with zero attached hydrogens (tertiary/aromatic N) is 1. The van der Waals surface area contributed by atoms with E-state index in [9.17, 15) is 9.90 Å². The Morgan fingerprint density at radius 2 is 2.30 bits per heavy atom. The largest absolute Gasteiger partial charge is 0.386 e. The number of morpholine rings is 1. The van der Waals surface area contributed by atoms with Crippen molar-refractivity contribution in [2.45, 2.75) is 37.8 Å². The Kier molecular flexibility index (Phi) is 5.77. The molecule has 116 valence electrons. The minimum absolute atomic E-state index is 0.0545. The van der Waals surface area contributed by atoms with Gasteiger partial charge in [-0.05, 0) is 13.0 Å². The number of hydrogen-bond donors (Lipinski definition) is 2. The van der Waals surface area contributed by atoms with E-state index in [0.717, 1.165) is 25.9 Å². The van der Waals surface area contributed by atoms with Gasteiger partial charge in [0.15, 0.2) is 0 Å². The van der Waals surface area contributed by atoms with Crippen molar-refractivity contribution in [1.82, 2.24) is 10.2 Å². The molecule has 2 saturated heterocycles. The molecule has 2 heterocycles. The summed E-state index contributed by atoms with van der Waals surface area (Å²) >= 11 is 0. The third kappa shape index (κ3) is 4.15. The fourth-order valence-corrected chi connectivity index (χ4v) is 2.61. The number of amides is 1. The second kappa shape index (κ2) is 7.36. The van der Waals surface area contributed by atoms with E-state index in [1.54, 1.807) is 0 Å². The molecule has 2 aliphatic heterocycles. The third-order valence-electron chi connectivity index (χ3n) is 4.02. The lowest BCUT2D eigenvalue weighted by Crippen LogP contribution is -2.56. The fraction of sp³-hybridized carbons (Fsp3) is 0.929. The molecule has 0 radical (unpaired) electrons. The third-order valence-corrected chi connectivity index (χ3v) is 4.02. The number of ether oxygens (including phenoxy) is 2. The molecule has 0 aromatic carbocycles. The van der Waals surface area contributed by atoms with Gasteiger partial charge >= 0.3 is 0 Å². The lowest BCUT2D eigenvalue weighted by atomic mass is 10.0. The van der Waals surface area contributed by atoms with Crippen molar-refractivity contribution in [3.8, 4) is 0 Å². The number of carbonyl (C=O) groups is 1. The number of hydrogen-bond acceptors (Lipinski definition) is 5. The molecule has 0 aliphatic carbocycles. The van der Waals surface area contributed by atoms with Crippen LogP contribution in [0.3, 0.4) is 0 Å². The molecule has 6 heteroatoms. The summed E-state index contributed by atoms with van der Waals surface area (Å²) in [5.74, 6) is -0.0545. The summed E-state index contributed by atoms with van der Waals surface area (Å²) in [6, 6.07) is -0.235. The molecule has 2 atom stereocenters. The SMILES string of the molecule is CCCCN1CCOCC1C(=O)NCC1(O)CCOC1. The molecule has 2 fully saturated rings. The summed E-state index contributed by atoms with van der Waals surface area (Å²) < 4.78 is 10.6. The molecule has 0 spiro atoms. The van der Waals surface area contributed by atoms with Gasteiger partial charge in [0.05, 0.1) is 19.8 Å². The van der Waals surface area contributed by atoms with Crippen molar-refractivity contribution < 1.29 is 19.4 Å². The maximum absolute atomic E-state index is 12.3. The Morgan fingerprint density at radius 1 is 1.45 bits per heavy atom. The maximum atomic E-state index is 12.3. The summed E-state index contributed by atoms with van der Waals surface area (Å²) in [6.45, 7) is 6.09. The molecule has 0 saturated carbocycles. The van der Waals surface area contributed by atoms with Crippen LogP contribution in [0.2, 0.25) is 0 Å². The van der Waals surface area contributed by atoms with Crippen LogP contribution in [-0.2, 0) is 14.3 Å². The monoisotopic (exact) mass is 286 g/mol. The topological polar surface area (TPSA) is 71.0 Å². The Labute approximate surface area is 120 Å². The van der Waals surface area contributed by atoms with Crippen molar-refractivity contribution in [2.24, 2.45) is 0 Å². The quantitative estimate of drug-likeness (QED) is 0.705. The Balaban J connectivity index is 1.82. The van der Waals surface area contributed by atoms with Gasteiger partial charge in [0.1, 0.15) is 11.6 Å². The van der Waals surface area contributed by atoms with Crippen molar-refractivity contribution in [1.29, 1.82) is 0 Å². The van der Waals surface area contributed by atoms with Crippen LogP contribution in [0.15, 0.2) is 0 Å². The van der Waals surface area contributed by atoms with Gasteiger partial charge in [0.2, 0.25) is 5.91 Å². The average molecular weight is 286 g/mol. The van der Waals surface area contributed by atoms with Gasteiger partial charge in [-0.3, -0.25) is 9.69 Å². The standard InChI is InChI=1S/C14H26N2O4/c1-2-3-5-16-6-8-19-9-12(16)13(17)15-10-14(18)4-7-20-11-14/h12,18H,2-11H2,1H3,(H,15,17). The smallest absolute Gasteiger partial charge is 0.239 e. The summed E-state index contributed by atoms with van der Waals surface area (Å²) in [7, 11) is 0. The van der Waals surface area contributed by atoms with Crippen LogP contribution >= 0.6 is 0 Å². The van der Waals surface area contributed by atoms with Gasteiger partial charge < -0.3 is 19.9 Å². The van der Waals surface area contributed by atoms with Gasteiger partial charge in [-0.25, -0.2) is 0 Å². The normalized spacial score (nSPS) is 31.4. The first kappa shape index (κ1) is 15.7. The minimum Gasteiger partial charge on any atom is -0.386 e. The molecule has 20 heavy (non-hydrogen) atoms. The van der Waals surface area contributed by atoms with Crippen LogP contribution in [0.1, 0.15) is 26.2 Å². The highest BCUT2D eigenvalue weighted by Gasteiger charge is 2.35. The molecular formula is C14H26N2O4. The highest BCUT2D eigenvalue weighted by Crippen LogP contribution is 2.17. The first-order chi connectivity index (χ1) is 9.64. The van der Waals surface area contributed by atoms with E-state index in [-0.39, 0.29) is 18.5 Å². The Hall–Kier alpha value is -0.690. The second-order valence-corrected chi connectivity index (χ2v) is 5.72. The van der Waals surface area contributed by atoms with Crippen molar-refractivity contribution >= 4 is 5.91 Å². The average Bonchev–Trinajstić information content (AvgIpc) is 2.90. The summed E-state index contributed by atoms with van der Waals surface area (Å²) in [5.41, 5.74) is -0.903. The molecule has 2 aliphatic rings. The first-order valence-corrected chi connectivity index (χ1v) is 7.54. The molecule has 0 bridgehead atoms. The lowest BCUT2D eigenvalue weighted by molar-refractivity contribution is -0.133. The van der Waals surface area contributed by atoms with E-state index >= 15 is 0 Å². The zero-order chi connectivity index (χ0) is 14.4. The molecule has 1 amide bonds. The summed E-state index contributed by atoms with van der Waals surface area (Å²) in [6.07, 6.45) is 2.78. The first-order valence-electron chi connectivity index (χ1n) is 7.54. The van der Waals surface area contributed by atoms with Crippen LogP contribution in [0.5, 0.6) is 0 Å². The van der Waals surface area contributed by atoms with E-state index in [4.69, 9.17) is 9.47 Å². The predicted molar refractivity (Wildman–Crippen MR) is 74.5 cm³/mol. The van der Waals surface area contributed by atoms with E-state index in [2.05, 4.69) is 17.1 Å². The Morgan fingerprint density at radius 3 is 3.00 bits per heavy atom. The highest BCUT2D eigenvalue weighted by molar-refractivity contribution is 5.82. The van der Waals surface area contributed by atoms with Crippen LogP contribution in [0.4, 0.5) is 0 Å². The van der Waals surface area contributed by atoms with Gasteiger partial charge in [-0.1, -0.05) is 13.3 Å². The van der Waals surface area contributed by atoms with Crippen molar-refractivity contribution in [3.63, 3.8) is 0 Å². The zero-order valence-electron chi connectivity index (χ0n) is 12.3. The minimum atomic E-state index is -0.903. The highest BCUT2D eigenvalue weighted by atomic mass is 16.5. The van der Waals surface area contributed by atoms with Crippen LogP contribution in [0.25, 0.3) is 0 Å². The Bertz CT molecular complexity index is 318. The van der Waals surface area contributed by atoms with E-state index in [1.165, 1.54) is 0 Å². The molecule has 2 rings (SSSR count). The molecule has 0 aromatic rings. The summed E-state index contributed by atoms with van der Waals surface area (Å²) in [5, 5.41) is 13.0. The lowest BCUT2D eigenvalue weighted by Gasteiger charge is -2.35. The number of nitrogens with one attached hydrogen (secondary N) is 1. The maximum Gasteiger partial charge on any atom is 0.239 e. The predicted octanol–water partition coefficient (Wildman–Crippen LogP) is -0.245. The van der Waals surface area contributed by atoms with Crippen molar-refractivity contribution in [3.05, 3.63) is 0 Å². The number of aliphatic hydroxyl groups is 1. The van der Waals surface area contributed by atoms with Gasteiger partial charge in [-0.15, -0.1) is 0 Å². The number of rotatable bonds is 6. The molecule has 6 nitrogen and oxygen atoms in total. The second-order valence-electron chi connectivity index (χ2n) is 5.72. The molecule has 0 aromatic heterocycles. The number of unbranched alkanes of at least 4 members (excludes halogenated alkanes) is 1. The van der Waals surface area contributed by atoms with Crippen LogP contribution in [-0.4, -0.2) is 73.6 Å². The van der Waals surface area contributed by atoms with Gasteiger partial charge in [0, 0.05) is 26.1 Å². The van der Waals surface area contributed by atoms with Crippen molar-refractivity contribution in [2.75, 3.05) is 46.1 Å². The molecule has 2 N–H and O–H groups in total. The fourth-order valence-electron chi connectivity index (χ4n) is 2.61. The van der Waals surface area contributed by atoms with E-state index in [1.807, 2.05) is 0 Å². The van der Waals surface area contributed by atoms with Gasteiger partial charge in [0.25, 0.3) is 0 Å². The van der Waals surface area contributed by atoms with Crippen LogP contribution in [0, 0.1) is 0 Å². The zero-order valence-corrected chi connectivity index (χ0v) is 12.3. The molecule has 2 unspecified atom stereocenters. The van der Waals surface area contributed by atoms with E-state index in [0.29, 0.717) is 32.8 Å². The molecular weight excluding hydrogens is 260 g/mol. The number of carbonyl (C=O) groups excluding carboxylic acids is 1.